The molecular formula is C25H33N7O2. The van der Waals surface area contributed by atoms with Crippen LogP contribution in [-0.2, 0) is 23.8 Å². The van der Waals surface area contributed by atoms with Crippen molar-refractivity contribution in [3.63, 3.8) is 0 Å². The number of fused-ring (bicyclic) bond motifs is 1. The number of amides is 2. The molecule has 4 rings (SSSR count). The standard InChI is InChI=1S/C25H33N7O2/c1-8-21(33)32-12-16(13-32)28-24(34)22-15(3)27-20(31(22)7)11-26-23-17-10-18(25(4,5)6)14(2)9-19(17)29-30-23/h8-10,16H,1,11-13H2,2-7H3,(H,28,34)(H2,26,29,30). The highest BCUT2D eigenvalue weighted by Gasteiger charge is 2.32. The fourth-order valence-corrected chi connectivity index (χ4v) is 4.58. The summed E-state index contributed by atoms with van der Waals surface area (Å²) in [4.78, 5) is 30.8. The molecule has 180 valence electrons. The van der Waals surface area contributed by atoms with Crippen LogP contribution in [0.3, 0.4) is 0 Å². The number of hydrogen-bond donors (Lipinski definition) is 3. The molecular weight excluding hydrogens is 430 g/mol. The molecule has 0 unspecified atom stereocenters. The van der Waals surface area contributed by atoms with Crippen molar-refractivity contribution < 1.29 is 9.59 Å². The second kappa shape index (κ2) is 8.62. The van der Waals surface area contributed by atoms with Crippen molar-refractivity contribution in [2.75, 3.05) is 18.4 Å². The van der Waals surface area contributed by atoms with Crippen LogP contribution >= 0.6 is 0 Å². The Labute approximate surface area is 199 Å². The van der Waals surface area contributed by atoms with Crippen molar-refractivity contribution in [1.29, 1.82) is 0 Å². The predicted molar refractivity (Wildman–Crippen MR) is 133 cm³/mol. The molecule has 0 radical (unpaired) electrons. The molecule has 0 atom stereocenters. The summed E-state index contributed by atoms with van der Waals surface area (Å²) in [5.41, 5.74) is 4.70. The lowest BCUT2D eigenvalue weighted by Crippen LogP contribution is -2.60. The Morgan fingerprint density at radius 2 is 1.97 bits per heavy atom. The van der Waals surface area contributed by atoms with Gasteiger partial charge in [0.25, 0.3) is 5.91 Å². The molecule has 0 aliphatic carbocycles. The number of nitrogens with zero attached hydrogens (tertiary/aromatic N) is 4. The molecule has 0 saturated carbocycles. The van der Waals surface area contributed by atoms with E-state index >= 15 is 0 Å². The van der Waals surface area contributed by atoms with Crippen molar-refractivity contribution in [2.45, 2.75) is 52.6 Å². The van der Waals surface area contributed by atoms with Gasteiger partial charge in [-0.05, 0) is 48.6 Å². The van der Waals surface area contributed by atoms with Crippen molar-refractivity contribution >= 4 is 28.5 Å². The van der Waals surface area contributed by atoms with Gasteiger partial charge >= 0.3 is 0 Å². The molecule has 3 N–H and O–H groups in total. The average molecular weight is 464 g/mol. The Kier molecular flexibility index (Phi) is 5.97. The molecule has 1 aliphatic heterocycles. The Bertz CT molecular complexity index is 1270. The maximum atomic E-state index is 12.9. The number of H-pyrrole nitrogens is 1. The minimum atomic E-state index is -0.190. The zero-order valence-electron chi connectivity index (χ0n) is 20.7. The summed E-state index contributed by atoms with van der Waals surface area (Å²) in [6, 6.07) is 4.26. The molecule has 1 aliphatic rings. The molecule has 34 heavy (non-hydrogen) atoms. The number of nitrogens with one attached hydrogen (secondary N) is 3. The quantitative estimate of drug-likeness (QED) is 0.487. The van der Waals surface area contributed by atoms with Gasteiger partial charge in [-0.25, -0.2) is 4.98 Å². The van der Waals surface area contributed by atoms with E-state index in [1.165, 1.54) is 17.2 Å². The molecule has 1 saturated heterocycles. The summed E-state index contributed by atoms with van der Waals surface area (Å²) >= 11 is 0. The summed E-state index contributed by atoms with van der Waals surface area (Å²) in [7, 11) is 1.84. The van der Waals surface area contributed by atoms with Crippen LogP contribution in [-0.4, -0.2) is 55.6 Å². The van der Waals surface area contributed by atoms with Gasteiger partial charge in [0, 0.05) is 25.5 Å². The van der Waals surface area contributed by atoms with E-state index in [9.17, 15) is 9.59 Å². The van der Waals surface area contributed by atoms with Crippen molar-refractivity contribution in [2.24, 2.45) is 7.05 Å². The third-order valence-electron chi connectivity index (χ3n) is 6.41. The zero-order valence-corrected chi connectivity index (χ0v) is 20.7. The fraction of sp³-hybridized carbons (Fsp3) is 0.440. The molecule has 0 bridgehead atoms. The van der Waals surface area contributed by atoms with Gasteiger partial charge in [-0.2, -0.15) is 5.10 Å². The monoisotopic (exact) mass is 463 g/mol. The number of aryl methyl sites for hydroxylation is 2. The van der Waals surface area contributed by atoms with Gasteiger partial charge in [-0.3, -0.25) is 14.7 Å². The number of carbonyl (C=O) groups excluding carboxylic acids is 2. The van der Waals surface area contributed by atoms with Crippen LogP contribution in [0.1, 0.15) is 53.9 Å². The van der Waals surface area contributed by atoms with Gasteiger partial charge in [0.15, 0.2) is 5.82 Å². The topological polar surface area (TPSA) is 108 Å². The van der Waals surface area contributed by atoms with Gasteiger partial charge in [0.05, 0.1) is 23.8 Å². The first-order valence-corrected chi connectivity index (χ1v) is 11.5. The van der Waals surface area contributed by atoms with Gasteiger partial charge < -0.3 is 20.1 Å². The number of carbonyl (C=O) groups is 2. The van der Waals surface area contributed by atoms with E-state index in [1.54, 1.807) is 4.90 Å². The molecule has 1 aromatic carbocycles. The van der Waals surface area contributed by atoms with Crippen molar-refractivity contribution in [1.82, 2.24) is 30.0 Å². The minimum absolute atomic E-state index is 0.0301. The second-order valence-electron chi connectivity index (χ2n) is 10.0. The third-order valence-corrected chi connectivity index (χ3v) is 6.41. The van der Waals surface area contributed by atoms with E-state index in [0.717, 1.165) is 22.5 Å². The predicted octanol–water partition coefficient (Wildman–Crippen LogP) is 2.95. The number of benzene rings is 1. The van der Waals surface area contributed by atoms with Crippen LogP contribution in [0, 0.1) is 13.8 Å². The Morgan fingerprint density at radius 1 is 1.26 bits per heavy atom. The number of hydrogen-bond acceptors (Lipinski definition) is 5. The second-order valence-corrected chi connectivity index (χ2v) is 10.0. The lowest BCUT2D eigenvalue weighted by molar-refractivity contribution is -0.130. The number of imidazole rings is 1. The summed E-state index contributed by atoms with van der Waals surface area (Å²) < 4.78 is 1.81. The van der Waals surface area contributed by atoms with Crippen molar-refractivity contribution in [3.8, 4) is 0 Å². The van der Waals surface area contributed by atoms with E-state index in [4.69, 9.17) is 0 Å². The van der Waals surface area contributed by atoms with E-state index in [-0.39, 0.29) is 23.3 Å². The molecule has 0 spiro atoms. The SMILES string of the molecule is C=CC(=O)N1CC(NC(=O)c2c(C)nc(CNc3n[nH]c4cc(C)c(C(C)(C)C)cc34)n2C)C1. The number of anilines is 1. The summed E-state index contributed by atoms with van der Waals surface area (Å²) in [5.74, 6) is 1.18. The van der Waals surface area contributed by atoms with Crippen LogP contribution in [0.15, 0.2) is 24.8 Å². The van der Waals surface area contributed by atoms with Crippen LogP contribution in [0.2, 0.25) is 0 Å². The van der Waals surface area contributed by atoms with Gasteiger partial charge in [0.2, 0.25) is 5.91 Å². The van der Waals surface area contributed by atoms with E-state index in [2.05, 4.69) is 72.2 Å². The maximum absolute atomic E-state index is 12.9. The highest BCUT2D eigenvalue weighted by molar-refractivity contribution is 5.95. The summed E-state index contributed by atoms with van der Waals surface area (Å²) in [6.07, 6.45) is 1.29. The molecule has 3 aromatic rings. The van der Waals surface area contributed by atoms with Crippen LogP contribution in [0.5, 0.6) is 0 Å². The lowest BCUT2D eigenvalue weighted by atomic mass is 9.83. The van der Waals surface area contributed by atoms with Crippen molar-refractivity contribution in [3.05, 3.63) is 53.1 Å². The molecule has 3 heterocycles. The number of aromatic amines is 1. The molecule has 1 fully saturated rings. The molecule has 2 amide bonds. The first-order valence-electron chi connectivity index (χ1n) is 11.5. The van der Waals surface area contributed by atoms with E-state index in [1.807, 2.05) is 18.5 Å². The average Bonchev–Trinajstić information content (AvgIpc) is 3.25. The Hall–Kier alpha value is -3.62. The van der Waals surface area contributed by atoms with Crippen LogP contribution in [0.4, 0.5) is 5.82 Å². The van der Waals surface area contributed by atoms with E-state index < -0.39 is 0 Å². The molecule has 9 nitrogen and oxygen atoms in total. The maximum Gasteiger partial charge on any atom is 0.270 e. The Balaban J connectivity index is 1.47. The smallest absolute Gasteiger partial charge is 0.270 e. The number of aromatic nitrogens is 4. The first kappa shape index (κ1) is 23.5. The van der Waals surface area contributed by atoms with Gasteiger partial charge in [-0.15, -0.1) is 0 Å². The number of rotatable bonds is 6. The molecule has 2 aromatic heterocycles. The van der Waals surface area contributed by atoms with Crippen LogP contribution < -0.4 is 10.6 Å². The molecule has 9 heteroatoms. The van der Waals surface area contributed by atoms with Crippen LogP contribution in [0.25, 0.3) is 10.9 Å². The van der Waals surface area contributed by atoms with Gasteiger partial charge in [-0.1, -0.05) is 27.4 Å². The number of likely N-dealkylation sites (tertiary alicyclic amines) is 1. The largest absolute Gasteiger partial charge is 0.361 e. The zero-order chi connectivity index (χ0) is 24.8. The summed E-state index contributed by atoms with van der Waals surface area (Å²) in [5, 5.41) is 15.0. The van der Waals surface area contributed by atoms with Gasteiger partial charge in [0.1, 0.15) is 11.5 Å². The normalized spacial score (nSPS) is 14.2. The first-order chi connectivity index (χ1) is 16.0. The van der Waals surface area contributed by atoms with E-state index in [0.29, 0.717) is 31.0 Å². The minimum Gasteiger partial charge on any atom is -0.361 e. The third kappa shape index (κ3) is 4.30. The highest BCUT2D eigenvalue weighted by Crippen LogP contribution is 2.31. The highest BCUT2D eigenvalue weighted by atomic mass is 16.2. The lowest BCUT2D eigenvalue weighted by Gasteiger charge is -2.38. The fourth-order valence-electron chi connectivity index (χ4n) is 4.58. The summed E-state index contributed by atoms with van der Waals surface area (Å²) in [6.45, 7) is 15.5. The Morgan fingerprint density at radius 3 is 2.62 bits per heavy atom.